The molecule has 6 heteroatoms. The number of hydrogen-bond acceptors (Lipinski definition) is 4. The summed E-state index contributed by atoms with van der Waals surface area (Å²) in [4.78, 5) is 31.4. The van der Waals surface area contributed by atoms with Gasteiger partial charge in [-0.15, -0.1) is 0 Å². The largest absolute Gasteiger partial charge is 0.476 e. The van der Waals surface area contributed by atoms with Gasteiger partial charge < -0.3 is 10.2 Å². The molecule has 0 bridgehead atoms. The minimum absolute atomic E-state index is 0.151. The molecule has 0 radical (unpaired) electrons. The maximum Gasteiger partial charge on any atom is 0.355 e. The fourth-order valence-electron chi connectivity index (χ4n) is 2.80. The molecule has 0 saturated heterocycles. The summed E-state index contributed by atoms with van der Waals surface area (Å²) in [5.41, 5.74) is 2.11. The summed E-state index contributed by atoms with van der Waals surface area (Å²) < 4.78 is 0. The van der Waals surface area contributed by atoms with Gasteiger partial charge in [0.05, 0.1) is 0 Å². The highest BCUT2D eigenvalue weighted by molar-refractivity contribution is 6.00. The van der Waals surface area contributed by atoms with Gasteiger partial charge in [-0.3, -0.25) is 0 Å². The fraction of sp³-hybridized carbons (Fsp3) is 0.400. The Hall–Kier alpha value is -2.76. The van der Waals surface area contributed by atoms with Crippen LogP contribution < -0.4 is 0 Å². The van der Waals surface area contributed by atoms with Gasteiger partial charge in [-0.05, 0) is 48.9 Å². The molecule has 0 unspecified atom stereocenters. The van der Waals surface area contributed by atoms with E-state index in [1.165, 1.54) is 0 Å². The lowest BCUT2D eigenvalue weighted by Crippen LogP contribution is -2.09. The summed E-state index contributed by atoms with van der Waals surface area (Å²) in [6.45, 7) is 4.15. The van der Waals surface area contributed by atoms with Gasteiger partial charge in [0.15, 0.2) is 11.4 Å². The standard InChI is InChI=1S/C20H24N2O4/c1-3-5-7-13-9-15(17(19(23)24)21-11-13)16-10-14(8-6-4-2)12-22-18(16)20(25)26/h9-12H,3-8H2,1-2H3,(H,23,24)(H,25,26). The number of rotatable bonds is 9. The molecule has 6 nitrogen and oxygen atoms in total. The molecule has 0 aliphatic carbocycles. The molecule has 2 aromatic heterocycles. The van der Waals surface area contributed by atoms with Crippen LogP contribution in [0.2, 0.25) is 0 Å². The van der Waals surface area contributed by atoms with Crippen molar-refractivity contribution in [3.63, 3.8) is 0 Å². The molecule has 2 aromatic rings. The molecule has 0 aliphatic rings. The summed E-state index contributed by atoms with van der Waals surface area (Å²) in [6.07, 6.45) is 8.55. The number of nitrogens with zero attached hydrogens (tertiary/aromatic N) is 2. The van der Waals surface area contributed by atoms with Crippen molar-refractivity contribution in [3.8, 4) is 11.1 Å². The molecule has 26 heavy (non-hydrogen) atoms. The van der Waals surface area contributed by atoms with Gasteiger partial charge in [-0.2, -0.15) is 0 Å². The summed E-state index contributed by atoms with van der Waals surface area (Å²) in [7, 11) is 0. The summed E-state index contributed by atoms with van der Waals surface area (Å²) >= 11 is 0. The Balaban J connectivity index is 2.62. The minimum Gasteiger partial charge on any atom is -0.476 e. The highest BCUT2D eigenvalue weighted by atomic mass is 16.4. The van der Waals surface area contributed by atoms with Crippen LogP contribution in [0.25, 0.3) is 11.1 Å². The average Bonchev–Trinajstić information content (AvgIpc) is 2.63. The zero-order valence-electron chi connectivity index (χ0n) is 15.2. The maximum absolute atomic E-state index is 11.6. The number of carbonyl (C=O) groups is 2. The number of unbranched alkanes of at least 4 members (excludes halogenated alkanes) is 2. The van der Waals surface area contributed by atoms with E-state index in [2.05, 4.69) is 23.8 Å². The normalized spacial score (nSPS) is 10.7. The maximum atomic E-state index is 11.6. The Kier molecular flexibility index (Phi) is 6.83. The molecule has 0 spiro atoms. The third-order valence-electron chi connectivity index (χ3n) is 4.22. The second-order valence-electron chi connectivity index (χ2n) is 6.30. The van der Waals surface area contributed by atoms with Gasteiger partial charge in [0.25, 0.3) is 0 Å². The number of carboxylic acids is 2. The zero-order valence-corrected chi connectivity index (χ0v) is 15.2. The van der Waals surface area contributed by atoms with E-state index in [4.69, 9.17) is 0 Å². The number of aromatic carboxylic acids is 2. The lowest BCUT2D eigenvalue weighted by Gasteiger charge is -2.12. The van der Waals surface area contributed by atoms with Crippen LogP contribution >= 0.6 is 0 Å². The Labute approximate surface area is 152 Å². The van der Waals surface area contributed by atoms with E-state index in [1.54, 1.807) is 24.5 Å². The summed E-state index contributed by atoms with van der Waals surface area (Å²) in [5.74, 6) is -2.37. The van der Waals surface area contributed by atoms with Gasteiger partial charge >= 0.3 is 11.9 Å². The smallest absolute Gasteiger partial charge is 0.355 e. The van der Waals surface area contributed by atoms with Crippen molar-refractivity contribution in [2.24, 2.45) is 0 Å². The first-order chi connectivity index (χ1) is 12.5. The van der Waals surface area contributed by atoms with E-state index >= 15 is 0 Å². The molecule has 2 N–H and O–H groups in total. The predicted octanol–water partition coefficient (Wildman–Crippen LogP) is 4.23. The lowest BCUT2D eigenvalue weighted by atomic mass is 9.96. The average molecular weight is 356 g/mol. The van der Waals surface area contributed by atoms with E-state index in [1.807, 2.05) is 0 Å². The molecule has 0 aromatic carbocycles. The van der Waals surface area contributed by atoms with Crippen LogP contribution in [0.5, 0.6) is 0 Å². The first-order valence-electron chi connectivity index (χ1n) is 8.92. The van der Waals surface area contributed by atoms with Crippen molar-refractivity contribution < 1.29 is 19.8 Å². The van der Waals surface area contributed by atoms with Crippen LogP contribution in [0.1, 0.15) is 71.6 Å². The van der Waals surface area contributed by atoms with Gasteiger partial charge in [0, 0.05) is 23.5 Å². The first-order valence-corrected chi connectivity index (χ1v) is 8.92. The molecule has 2 rings (SSSR count). The van der Waals surface area contributed by atoms with Crippen LogP contribution in [-0.4, -0.2) is 32.1 Å². The molecular weight excluding hydrogens is 332 g/mol. The lowest BCUT2D eigenvalue weighted by molar-refractivity contribution is 0.0678. The Morgan fingerprint density at radius 1 is 0.808 bits per heavy atom. The van der Waals surface area contributed by atoms with Crippen LogP contribution in [0.4, 0.5) is 0 Å². The van der Waals surface area contributed by atoms with E-state index in [0.717, 1.165) is 49.7 Å². The highest BCUT2D eigenvalue weighted by Gasteiger charge is 2.21. The van der Waals surface area contributed by atoms with Crippen molar-refractivity contribution in [2.45, 2.75) is 52.4 Å². The topological polar surface area (TPSA) is 100 Å². The molecule has 138 valence electrons. The van der Waals surface area contributed by atoms with E-state index in [9.17, 15) is 19.8 Å². The molecule has 0 aliphatic heterocycles. The molecule has 0 atom stereocenters. The van der Waals surface area contributed by atoms with Crippen molar-refractivity contribution >= 4 is 11.9 Å². The fourth-order valence-corrected chi connectivity index (χ4v) is 2.80. The molecule has 0 saturated carbocycles. The van der Waals surface area contributed by atoms with Gasteiger partial charge in [0.2, 0.25) is 0 Å². The number of aromatic nitrogens is 2. The zero-order chi connectivity index (χ0) is 19.1. The van der Waals surface area contributed by atoms with Crippen molar-refractivity contribution in [1.82, 2.24) is 9.97 Å². The second kappa shape index (κ2) is 9.08. The van der Waals surface area contributed by atoms with Crippen LogP contribution in [0, 0.1) is 0 Å². The molecular formula is C20H24N2O4. The quantitative estimate of drug-likeness (QED) is 0.697. The van der Waals surface area contributed by atoms with Crippen molar-refractivity contribution in [3.05, 3.63) is 47.0 Å². The number of hydrogen-bond donors (Lipinski definition) is 2. The number of pyridine rings is 2. The van der Waals surface area contributed by atoms with Crippen molar-refractivity contribution in [1.29, 1.82) is 0 Å². The van der Waals surface area contributed by atoms with E-state index < -0.39 is 11.9 Å². The molecule has 2 heterocycles. The van der Waals surface area contributed by atoms with Crippen molar-refractivity contribution in [2.75, 3.05) is 0 Å². The van der Waals surface area contributed by atoms with Gasteiger partial charge in [0.1, 0.15) is 0 Å². The van der Waals surface area contributed by atoms with Gasteiger partial charge in [-0.1, -0.05) is 26.7 Å². The Bertz CT molecular complexity index is 735. The van der Waals surface area contributed by atoms with E-state index in [-0.39, 0.29) is 11.4 Å². The Morgan fingerprint density at radius 3 is 1.50 bits per heavy atom. The third kappa shape index (κ3) is 4.65. The first kappa shape index (κ1) is 19.6. The van der Waals surface area contributed by atoms with E-state index in [0.29, 0.717) is 11.1 Å². The minimum atomic E-state index is -1.18. The van der Waals surface area contributed by atoms with Crippen LogP contribution in [0.3, 0.4) is 0 Å². The molecule has 0 amide bonds. The summed E-state index contributed by atoms with van der Waals surface area (Å²) in [5, 5.41) is 19.0. The number of carboxylic acid groups (broad SMARTS) is 2. The van der Waals surface area contributed by atoms with Crippen LogP contribution in [-0.2, 0) is 12.8 Å². The Morgan fingerprint density at radius 2 is 1.19 bits per heavy atom. The monoisotopic (exact) mass is 356 g/mol. The SMILES string of the molecule is CCCCc1cnc(C(=O)O)c(-c2cc(CCCC)cnc2C(=O)O)c1. The third-order valence-corrected chi connectivity index (χ3v) is 4.22. The molecule has 0 fully saturated rings. The highest BCUT2D eigenvalue weighted by Crippen LogP contribution is 2.28. The van der Waals surface area contributed by atoms with Gasteiger partial charge in [-0.25, -0.2) is 19.6 Å². The van der Waals surface area contributed by atoms with Crippen LogP contribution in [0.15, 0.2) is 24.5 Å². The summed E-state index contributed by atoms with van der Waals surface area (Å²) in [6, 6.07) is 3.47. The second-order valence-corrected chi connectivity index (χ2v) is 6.30. The number of aryl methyl sites for hydroxylation is 2. The predicted molar refractivity (Wildman–Crippen MR) is 98.6 cm³/mol.